The largest absolute Gasteiger partial charge is 0.457 e. The number of nitrogens with one attached hydrogen (secondary N) is 5. The topological polar surface area (TPSA) is 396 Å². The summed E-state index contributed by atoms with van der Waals surface area (Å²) in [6, 6.07) is 28.6. The van der Waals surface area contributed by atoms with Crippen molar-refractivity contribution in [3.63, 3.8) is 0 Å². The fraction of sp³-hybridized carbons (Fsp3) is 0.486. The molecule has 528 valence electrons. The Kier molecular flexibility index (Phi) is 25.9. The summed E-state index contributed by atoms with van der Waals surface area (Å²) in [6.07, 6.45) is -7.26. The molecule has 0 aromatic heterocycles. The number of nitrogens with zero attached hydrogens (tertiary/aromatic N) is 1. The molecule has 2 aliphatic carbocycles. The quantitative estimate of drug-likeness (QED) is 0.0146. The molecule has 0 radical (unpaired) electrons. The predicted molar refractivity (Wildman–Crippen MR) is 358 cm³/mol. The van der Waals surface area contributed by atoms with E-state index in [2.05, 4.69) is 26.6 Å². The Morgan fingerprint density at radius 1 is 0.704 bits per heavy atom. The van der Waals surface area contributed by atoms with Crippen molar-refractivity contribution in [3.8, 4) is 0 Å². The number of aliphatic hydroxyl groups is 1. The van der Waals surface area contributed by atoms with Crippen LogP contribution in [0.1, 0.15) is 149 Å². The highest BCUT2D eigenvalue weighted by Gasteiger charge is 2.76. The minimum absolute atomic E-state index is 0.0394. The first-order chi connectivity index (χ1) is 46.4. The highest BCUT2D eigenvalue weighted by atomic mass is 16.6. The third-order valence-corrected chi connectivity index (χ3v) is 19.2. The molecule has 2 fully saturated rings. The molecule has 1 saturated carbocycles. The maximum atomic E-state index is 15.9. The van der Waals surface area contributed by atoms with Gasteiger partial charge in [-0.15, -0.1) is 0 Å². The van der Waals surface area contributed by atoms with E-state index in [4.69, 9.17) is 40.9 Å². The lowest BCUT2D eigenvalue weighted by atomic mass is 9.47. The molecule has 1 heterocycles. The Hall–Kier alpha value is -9.21. The first kappa shape index (κ1) is 76.2. The number of Topliss-reactive ketones (excluding diaryl/α,β-unsaturated/α-hetero) is 1. The molecule has 98 heavy (non-hydrogen) atoms. The summed E-state index contributed by atoms with van der Waals surface area (Å²) in [5.41, 5.74) is 12.6. The van der Waals surface area contributed by atoms with Crippen LogP contribution in [0.3, 0.4) is 0 Å². The molecule has 13 unspecified atom stereocenters. The molecule has 4 aromatic rings. The number of ether oxygens (including phenoxy) is 5. The number of fused-ring (bicyclic) bond motifs is 2. The minimum Gasteiger partial charge on any atom is -0.457 e. The van der Waals surface area contributed by atoms with Crippen LogP contribution in [-0.2, 0) is 62.0 Å². The van der Waals surface area contributed by atoms with Gasteiger partial charge in [-0.05, 0) is 120 Å². The first-order valence-corrected chi connectivity index (χ1v) is 32.9. The lowest BCUT2D eigenvalue weighted by Crippen LogP contribution is -2.87. The number of unbranched alkanes of at least 4 members (excludes halogenated alkanes) is 1. The second-order valence-electron chi connectivity index (χ2n) is 26.2. The van der Waals surface area contributed by atoms with Gasteiger partial charge in [0.2, 0.25) is 29.5 Å². The van der Waals surface area contributed by atoms with E-state index in [0.29, 0.717) is 29.5 Å². The zero-order valence-corrected chi connectivity index (χ0v) is 57.0. The lowest BCUT2D eigenvalue weighted by Gasteiger charge is -2.68. The van der Waals surface area contributed by atoms with Gasteiger partial charge in [0.15, 0.2) is 18.0 Å². The Balaban J connectivity index is 1.09. The third-order valence-electron chi connectivity index (χ3n) is 19.2. The molecule has 1 saturated heterocycles. The number of primary amides is 2. The van der Waals surface area contributed by atoms with E-state index in [0.717, 1.165) is 6.92 Å². The van der Waals surface area contributed by atoms with Gasteiger partial charge in [0.25, 0.3) is 11.8 Å². The average Bonchev–Trinajstić information content (AvgIpc) is 0.672. The van der Waals surface area contributed by atoms with E-state index >= 15 is 4.79 Å². The highest BCUT2D eigenvalue weighted by Crippen LogP contribution is 2.60. The highest BCUT2D eigenvalue weighted by molar-refractivity contribution is 6.00. The predicted octanol–water partition coefficient (Wildman–Crippen LogP) is 3.72. The van der Waals surface area contributed by atoms with E-state index in [9.17, 15) is 53.1 Å². The molecule has 7 amide bonds. The van der Waals surface area contributed by atoms with Crippen molar-refractivity contribution in [2.45, 2.75) is 178 Å². The van der Waals surface area contributed by atoms with E-state index in [1.807, 2.05) is 6.92 Å². The summed E-state index contributed by atoms with van der Waals surface area (Å²) in [5.74, 6) is -8.76. The molecule has 4 aromatic carbocycles. The summed E-state index contributed by atoms with van der Waals surface area (Å²) in [4.78, 5) is 151. The number of benzene rings is 4. The van der Waals surface area contributed by atoms with E-state index in [1.165, 1.54) is 13.8 Å². The van der Waals surface area contributed by atoms with Crippen molar-refractivity contribution >= 4 is 65.0 Å². The van der Waals surface area contributed by atoms with Crippen molar-refractivity contribution in [3.05, 3.63) is 155 Å². The molecule has 2 bridgehead atoms. The number of ketones is 1. The van der Waals surface area contributed by atoms with Gasteiger partial charge in [-0.3, -0.25) is 52.8 Å². The van der Waals surface area contributed by atoms with Crippen LogP contribution in [-0.4, -0.2) is 174 Å². The van der Waals surface area contributed by atoms with Gasteiger partial charge in [0.1, 0.15) is 29.8 Å². The normalized spacial score (nSPS) is 24.0. The first-order valence-electron chi connectivity index (χ1n) is 32.9. The van der Waals surface area contributed by atoms with Crippen molar-refractivity contribution in [1.82, 2.24) is 31.5 Å². The average molecular weight is 1360 g/mol. The maximum Gasteiger partial charge on any atom is 0.338 e. The second-order valence-corrected chi connectivity index (χ2v) is 26.2. The molecule has 13 atom stereocenters. The molecule has 0 spiro atoms. The summed E-state index contributed by atoms with van der Waals surface area (Å²) in [7, 11) is 3.36. The smallest absolute Gasteiger partial charge is 0.338 e. The van der Waals surface area contributed by atoms with E-state index < -0.39 is 161 Å². The Labute approximate surface area is 570 Å². The monoisotopic (exact) mass is 1360 g/mol. The van der Waals surface area contributed by atoms with Crippen LogP contribution in [0.4, 0.5) is 0 Å². The Morgan fingerprint density at radius 2 is 1.26 bits per heavy atom. The molecule has 3 aliphatic rings. The number of likely N-dealkylation sites (N-methyl/N-ethyl adjacent to an activating group) is 1. The number of esters is 3. The Bertz CT molecular complexity index is 3560. The van der Waals surface area contributed by atoms with Gasteiger partial charge in [-0.25, -0.2) is 4.79 Å². The number of hydrogen-bond donors (Lipinski definition) is 9. The molecule has 26 nitrogen and oxygen atoms in total. The van der Waals surface area contributed by atoms with Crippen molar-refractivity contribution in [1.29, 1.82) is 0 Å². The van der Waals surface area contributed by atoms with E-state index in [1.54, 1.807) is 161 Å². The van der Waals surface area contributed by atoms with E-state index in [-0.39, 0.29) is 68.4 Å². The van der Waals surface area contributed by atoms with Crippen LogP contribution < -0.4 is 43.8 Å². The fourth-order valence-electron chi connectivity index (χ4n) is 13.8. The number of carbonyl (C=O) groups is 11. The number of amides is 7. The van der Waals surface area contributed by atoms with Gasteiger partial charge < -0.3 is 72.6 Å². The fourth-order valence-corrected chi connectivity index (χ4v) is 13.8. The zero-order valence-electron chi connectivity index (χ0n) is 57.0. The molecule has 7 rings (SSSR count). The van der Waals surface area contributed by atoms with Crippen LogP contribution in [0.2, 0.25) is 0 Å². The second kappa shape index (κ2) is 33.4. The van der Waals surface area contributed by atoms with Crippen molar-refractivity contribution < 1.29 is 81.5 Å². The van der Waals surface area contributed by atoms with Crippen LogP contribution in [0.25, 0.3) is 0 Å². The molecular formula is C72H93N9O17. The standard InChI is InChI=1S/C72H93N9O17/c1-10-52-49(40-94-52)72(81(8)9)68(98-67(92)48-31-21-14-22-32-48)71(93)39-53(42(2)58(69(71,5)6)60(96-44(4)82)61(86)70(72,7)75)95-41-54(59(45-25-15-11-16-26-45)80-66(91)47-29-19-13-20-30-47)97-57(85)37-36-55(83)76-38-24-23-33-50(62(73)87)78-56(84)35-34-51(63(74)88)79-64(89)43(3)77-65(90)46-27-17-12-18-28-46/h11-22,25-32,43,49-54,59-60,68,93H,10,23-24,33-41,75H2,1-9H3,(H2,73,87)(H2,74,88)(H,76,83)(H,77,90)(H,78,84)(H,79,89)(H,80,91). The van der Waals surface area contributed by atoms with Crippen molar-refractivity contribution in [2.75, 3.05) is 33.9 Å². The summed E-state index contributed by atoms with van der Waals surface area (Å²) < 4.78 is 32.2. The molecule has 12 N–H and O–H groups in total. The molecule has 1 aliphatic heterocycles. The maximum absolute atomic E-state index is 15.9. The SMILES string of the molecule is CCC1OCC1C1(N(C)C)C(OC(=O)c2ccccc2)C2(O)CC(OCC(OC(=O)CCC(=O)NCCCCC(NC(=O)CCC(NC(=O)C(C)NC(=O)c3ccccc3)C(N)=O)C(N)=O)C(NC(=O)c3ccccc3)c3ccccc3)C(C)=C(C(OC(C)=O)C(=O)C1(C)N)C2(C)C. The van der Waals surface area contributed by atoms with Crippen LogP contribution >= 0.6 is 0 Å². The zero-order chi connectivity index (χ0) is 71.9. The van der Waals surface area contributed by atoms with Crippen LogP contribution in [0, 0.1) is 11.3 Å². The summed E-state index contributed by atoms with van der Waals surface area (Å²) in [6.45, 7) is 10.6. The molecular weight excluding hydrogens is 1260 g/mol. The van der Waals surface area contributed by atoms with Gasteiger partial charge in [-0.2, -0.15) is 0 Å². The number of hydrogen-bond acceptors (Lipinski definition) is 19. The van der Waals surface area contributed by atoms with Gasteiger partial charge in [0, 0.05) is 55.2 Å². The Morgan fingerprint density at radius 3 is 1.79 bits per heavy atom. The van der Waals surface area contributed by atoms with Gasteiger partial charge in [0.05, 0.1) is 54.5 Å². The van der Waals surface area contributed by atoms with Crippen LogP contribution in [0.15, 0.2) is 132 Å². The summed E-state index contributed by atoms with van der Waals surface area (Å²) in [5, 5.41) is 27.6. The van der Waals surface area contributed by atoms with Crippen molar-refractivity contribution in [2.24, 2.45) is 28.5 Å². The summed E-state index contributed by atoms with van der Waals surface area (Å²) >= 11 is 0. The van der Waals surface area contributed by atoms with Gasteiger partial charge in [-0.1, -0.05) is 106 Å². The number of nitrogens with two attached hydrogens (primary N) is 3. The number of rotatable bonds is 32. The van der Waals surface area contributed by atoms with Crippen LogP contribution in [0.5, 0.6) is 0 Å². The minimum atomic E-state index is -2.26. The number of carbonyl (C=O) groups excluding carboxylic acids is 11. The molecule has 26 heteroatoms. The van der Waals surface area contributed by atoms with Gasteiger partial charge >= 0.3 is 17.9 Å². The lowest BCUT2D eigenvalue weighted by molar-refractivity contribution is -0.271. The third kappa shape index (κ3) is 17.4.